The maximum absolute atomic E-state index is 12.3. The number of amides is 1. The average molecular weight is 362 g/mol. The average Bonchev–Trinajstić information content (AvgIpc) is 2.72. The van der Waals surface area contributed by atoms with Crippen molar-refractivity contribution in [3.63, 3.8) is 0 Å². The molecule has 1 aromatic heterocycles. The molecule has 0 saturated carbocycles. The normalized spacial score (nSPS) is 11.7. The van der Waals surface area contributed by atoms with Crippen molar-refractivity contribution >= 4 is 22.8 Å². The van der Waals surface area contributed by atoms with Crippen LogP contribution < -0.4 is 5.32 Å². The molecule has 2 aromatic carbocycles. The van der Waals surface area contributed by atoms with Crippen molar-refractivity contribution in [2.45, 2.75) is 25.3 Å². The number of carbonyl (C=O) groups is 2. The van der Waals surface area contributed by atoms with Crippen LogP contribution in [0.5, 0.6) is 0 Å². The van der Waals surface area contributed by atoms with Crippen LogP contribution in [0, 0.1) is 0 Å². The molecule has 0 saturated heterocycles. The van der Waals surface area contributed by atoms with Gasteiger partial charge in [0.15, 0.2) is 0 Å². The number of nitrogens with one attached hydrogen (secondary N) is 1. The van der Waals surface area contributed by atoms with Gasteiger partial charge in [-0.3, -0.25) is 9.78 Å². The first kappa shape index (κ1) is 18.6. The molecule has 5 nitrogen and oxygen atoms in total. The number of pyridine rings is 1. The highest BCUT2D eigenvalue weighted by atomic mass is 16.5. The zero-order valence-corrected chi connectivity index (χ0v) is 15.2. The summed E-state index contributed by atoms with van der Waals surface area (Å²) in [6.07, 6.45) is 1.21. The Labute approximate surface area is 158 Å². The fourth-order valence-electron chi connectivity index (χ4n) is 2.94. The number of rotatable bonds is 7. The molecule has 0 aliphatic rings. The SMILES string of the molecule is COC(=O)[C@H](Cc1ccc2ccccc2n1)NC(=O)CCc1ccccc1. The molecule has 1 atom stereocenters. The largest absolute Gasteiger partial charge is 0.467 e. The van der Waals surface area contributed by atoms with Gasteiger partial charge in [0.2, 0.25) is 5.91 Å². The van der Waals surface area contributed by atoms with Crippen LogP contribution in [0.4, 0.5) is 0 Å². The smallest absolute Gasteiger partial charge is 0.328 e. The third kappa shape index (κ3) is 5.14. The van der Waals surface area contributed by atoms with E-state index < -0.39 is 12.0 Å². The minimum atomic E-state index is -0.757. The van der Waals surface area contributed by atoms with E-state index in [1.54, 1.807) is 0 Å². The van der Waals surface area contributed by atoms with Crippen molar-refractivity contribution in [1.82, 2.24) is 10.3 Å². The number of methoxy groups -OCH3 is 1. The molecule has 0 unspecified atom stereocenters. The van der Waals surface area contributed by atoms with Crippen LogP contribution in [-0.2, 0) is 27.2 Å². The Morgan fingerprint density at radius 1 is 1.00 bits per heavy atom. The van der Waals surface area contributed by atoms with E-state index in [4.69, 9.17) is 4.74 Å². The summed E-state index contributed by atoms with van der Waals surface area (Å²) in [6, 6.07) is 20.6. The zero-order valence-electron chi connectivity index (χ0n) is 15.2. The van der Waals surface area contributed by atoms with Gasteiger partial charge in [0.1, 0.15) is 6.04 Å². The Balaban J connectivity index is 1.65. The van der Waals surface area contributed by atoms with Gasteiger partial charge in [-0.2, -0.15) is 0 Å². The Morgan fingerprint density at radius 2 is 1.74 bits per heavy atom. The number of aryl methyl sites for hydroxylation is 1. The third-order valence-electron chi connectivity index (χ3n) is 4.37. The van der Waals surface area contributed by atoms with Crippen LogP contribution in [0.1, 0.15) is 17.7 Å². The number of esters is 1. The minimum Gasteiger partial charge on any atom is -0.467 e. The van der Waals surface area contributed by atoms with E-state index in [-0.39, 0.29) is 12.3 Å². The Hall–Kier alpha value is -3.21. The summed E-state index contributed by atoms with van der Waals surface area (Å²) in [5.74, 6) is -0.659. The molecule has 0 aliphatic heterocycles. The van der Waals surface area contributed by atoms with E-state index in [1.165, 1.54) is 7.11 Å². The van der Waals surface area contributed by atoms with E-state index >= 15 is 0 Å². The highest BCUT2D eigenvalue weighted by Gasteiger charge is 2.22. The molecule has 0 bridgehead atoms. The molecule has 3 rings (SSSR count). The van der Waals surface area contributed by atoms with Crippen molar-refractivity contribution in [2.24, 2.45) is 0 Å². The predicted octanol–water partition coefficient (Wildman–Crippen LogP) is 3.07. The lowest BCUT2D eigenvalue weighted by atomic mass is 10.1. The molecular weight excluding hydrogens is 340 g/mol. The summed E-state index contributed by atoms with van der Waals surface area (Å²) in [7, 11) is 1.32. The predicted molar refractivity (Wildman–Crippen MR) is 104 cm³/mol. The van der Waals surface area contributed by atoms with Gasteiger partial charge < -0.3 is 10.1 Å². The Bertz CT molecular complexity index is 925. The molecule has 138 valence electrons. The lowest BCUT2D eigenvalue weighted by Gasteiger charge is -2.16. The zero-order chi connectivity index (χ0) is 19.1. The number of para-hydroxylation sites is 1. The lowest BCUT2D eigenvalue weighted by Crippen LogP contribution is -2.43. The van der Waals surface area contributed by atoms with Crippen molar-refractivity contribution in [2.75, 3.05) is 7.11 Å². The first-order valence-corrected chi connectivity index (χ1v) is 8.91. The highest BCUT2D eigenvalue weighted by Crippen LogP contribution is 2.13. The molecule has 5 heteroatoms. The maximum Gasteiger partial charge on any atom is 0.328 e. The number of nitrogens with zero attached hydrogens (tertiary/aromatic N) is 1. The molecule has 0 aliphatic carbocycles. The first-order chi connectivity index (χ1) is 13.2. The van der Waals surface area contributed by atoms with Gasteiger partial charge >= 0.3 is 5.97 Å². The molecule has 3 aromatic rings. The monoisotopic (exact) mass is 362 g/mol. The molecule has 1 amide bonds. The second-order valence-electron chi connectivity index (χ2n) is 6.33. The quantitative estimate of drug-likeness (QED) is 0.656. The third-order valence-corrected chi connectivity index (χ3v) is 4.37. The number of hydrogen-bond donors (Lipinski definition) is 1. The summed E-state index contributed by atoms with van der Waals surface area (Å²) in [4.78, 5) is 29.0. The number of ether oxygens (including phenoxy) is 1. The van der Waals surface area contributed by atoms with Gasteiger partial charge in [-0.1, -0.05) is 54.6 Å². The van der Waals surface area contributed by atoms with Crippen LogP contribution in [0.15, 0.2) is 66.7 Å². The second kappa shape index (κ2) is 8.94. The number of hydrogen-bond acceptors (Lipinski definition) is 4. The van der Waals surface area contributed by atoms with Gasteiger partial charge in [0, 0.05) is 23.9 Å². The van der Waals surface area contributed by atoms with E-state index in [0.29, 0.717) is 12.8 Å². The molecule has 1 N–H and O–H groups in total. The summed E-state index contributed by atoms with van der Waals surface area (Å²) in [5.41, 5.74) is 2.67. The summed E-state index contributed by atoms with van der Waals surface area (Å²) < 4.78 is 4.85. The number of aromatic nitrogens is 1. The van der Waals surface area contributed by atoms with Crippen molar-refractivity contribution in [3.8, 4) is 0 Å². The van der Waals surface area contributed by atoms with E-state index in [1.807, 2.05) is 66.7 Å². The Kier molecular flexibility index (Phi) is 6.15. The van der Waals surface area contributed by atoms with Gasteiger partial charge in [-0.25, -0.2) is 4.79 Å². The number of carbonyl (C=O) groups excluding carboxylic acids is 2. The van der Waals surface area contributed by atoms with Crippen molar-refractivity contribution < 1.29 is 14.3 Å². The topological polar surface area (TPSA) is 68.3 Å². The molecule has 0 fully saturated rings. The summed E-state index contributed by atoms with van der Waals surface area (Å²) in [6.45, 7) is 0. The summed E-state index contributed by atoms with van der Waals surface area (Å²) >= 11 is 0. The van der Waals surface area contributed by atoms with E-state index in [9.17, 15) is 9.59 Å². The second-order valence-corrected chi connectivity index (χ2v) is 6.33. The van der Waals surface area contributed by atoms with Crippen LogP contribution in [-0.4, -0.2) is 30.0 Å². The maximum atomic E-state index is 12.3. The minimum absolute atomic E-state index is 0.185. The molecule has 27 heavy (non-hydrogen) atoms. The Morgan fingerprint density at radius 3 is 2.52 bits per heavy atom. The molecular formula is C22H22N2O3. The lowest BCUT2D eigenvalue weighted by molar-refractivity contribution is -0.145. The van der Waals surface area contributed by atoms with Gasteiger partial charge in [-0.15, -0.1) is 0 Å². The van der Waals surface area contributed by atoms with Crippen molar-refractivity contribution in [3.05, 3.63) is 78.0 Å². The van der Waals surface area contributed by atoms with Gasteiger partial charge in [0.05, 0.1) is 12.6 Å². The summed E-state index contributed by atoms with van der Waals surface area (Å²) in [5, 5.41) is 3.81. The van der Waals surface area contributed by atoms with Crippen molar-refractivity contribution in [1.29, 1.82) is 0 Å². The van der Waals surface area contributed by atoms with Gasteiger partial charge in [0.25, 0.3) is 0 Å². The van der Waals surface area contributed by atoms with Crippen LogP contribution in [0.2, 0.25) is 0 Å². The fourth-order valence-corrected chi connectivity index (χ4v) is 2.94. The van der Waals surface area contributed by atoms with Gasteiger partial charge in [-0.05, 0) is 24.1 Å². The first-order valence-electron chi connectivity index (χ1n) is 8.91. The standard InChI is InChI=1S/C22H22N2O3/c1-27-22(26)20(24-21(25)14-11-16-7-3-2-4-8-16)15-18-13-12-17-9-5-6-10-19(17)23-18/h2-10,12-13,20H,11,14-15H2,1H3,(H,24,25)/t20-/m0/s1. The molecule has 0 radical (unpaired) electrons. The van der Waals surface area contributed by atoms with E-state index in [0.717, 1.165) is 22.2 Å². The number of fused-ring (bicyclic) bond motifs is 1. The molecule has 0 spiro atoms. The van der Waals surface area contributed by atoms with E-state index in [2.05, 4.69) is 10.3 Å². The van der Waals surface area contributed by atoms with Crippen LogP contribution in [0.3, 0.4) is 0 Å². The highest BCUT2D eigenvalue weighted by molar-refractivity contribution is 5.85. The molecule has 1 heterocycles. The van der Waals surface area contributed by atoms with Crippen LogP contribution in [0.25, 0.3) is 10.9 Å². The fraction of sp³-hybridized carbons (Fsp3) is 0.227. The number of benzene rings is 2. The van der Waals surface area contributed by atoms with Crippen LogP contribution >= 0.6 is 0 Å².